The molecule has 0 aliphatic heterocycles. The van der Waals surface area contributed by atoms with E-state index in [9.17, 15) is 0 Å². The topological polar surface area (TPSA) is 76.4 Å². The Bertz CT molecular complexity index is 443. The van der Waals surface area contributed by atoms with Crippen LogP contribution in [0.25, 0.3) is 0 Å². The van der Waals surface area contributed by atoms with Crippen LogP contribution >= 0.6 is 0 Å². The zero-order chi connectivity index (χ0) is 16.4. The molecular weight excluding hydrogens is 280 g/mol. The van der Waals surface area contributed by atoms with Crippen LogP contribution in [0.4, 0.5) is 0 Å². The summed E-state index contributed by atoms with van der Waals surface area (Å²) in [6.45, 7) is 11.4. The normalized spacial score (nSPS) is 13.5. The smallest absolute Gasteiger partial charge is 0.191 e. The van der Waals surface area contributed by atoms with Crippen LogP contribution in [0.2, 0.25) is 0 Å². The summed E-state index contributed by atoms with van der Waals surface area (Å²) in [6.07, 6.45) is 2.92. The average molecular weight is 310 g/mol. The quantitative estimate of drug-likeness (QED) is 0.531. The lowest BCUT2D eigenvalue weighted by atomic mass is 10.0. The van der Waals surface area contributed by atoms with Crippen LogP contribution in [0.1, 0.15) is 39.9 Å². The fourth-order valence-electron chi connectivity index (χ4n) is 2.10. The maximum Gasteiger partial charge on any atom is 0.191 e. The lowest BCUT2D eigenvalue weighted by molar-refractivity contribution is 0.0258. The van der Waals surface area contributed by atoms with E-state index in [1.54, 1.807) is 6.33 Å². The summed E-state index contributed by atoms with van der Waals surface area (Å²) in [5.41, 5.74) is 0. The summed E-state index contributed by atoms with van der Waals surface area (Å²) in [6, 6.07) is 0. The van der Waals surface area contributed by atoms with Gasteiger partial charge in [0.15, 0.2) is 11.8 Å². The number of hydrogen-bond acceptors (Lipinski definition) is 4. The molecule has 126 valence electrons. The molecule has 7 nitrogen and oxygen atoms in total. The van der Waals surface area contributed by atoms with Crippen molar-refractivity contribution in [2.75, 3.05) is 19.7 Å². The number of hydrogen-bond donors (Lipinski definition) is 2. The number of guanidine groups is 1. The van der Waals surface area contributed by atoms with Crippen LogP contribution in [0.5, 0.6) is 0 Å². The molecule has 7 heteroatoms. The van der Waals surface area contributed by atoms with Crippen molar-refractivity contribution in [3.63, 3.8) is 0 Å². The van der Waals surface area contributed by atoms with Crippen LogP contribution in [0.3, 0.4) is 0 Å². The second-order valence-electron chi connectivity index (χ2n) is 5.51. The number of rotatable bonds is 9. The lowest BCUT2D eigenvalue weighted by Gasteiger charge is -2.21. The van der Waals surface area contributed by atoms with Gasteiger partial charge >= 0.3 is 0 Å². The van der Waals surface area contributed by atoms with Crippen LogP contribution < -0.4 is 10.6 Å². The summed E-state index contributed by atoms with van der Waals surface area (Å²) in [5, 5.41) is 14.5. The van der Waals surface area contributed by atoms with Crippen molar-refractivity contribution < 1.29 is 4.74 Å². The number of ether oxygens (including phenoxy) is 1. The maximum absolute atomic E-state index is 5.76. The second-order valence-corrected chi connectivity index (χ2v) is 5.51. The molecule has 1 aromatic heterocycles. The van der Waals surface area contributed by atoms with Gasteiger partial charge in [-0.15, -0.1) is 10.2 Å². The molecule has 0 bridgehead atoms. The van der Waals surface area contributed by atoms with Crippen molar-refractivity contribution in [2.45, 2.75) is 46.8 Å². The van der Waals surface area contributed by atoms with Crippen molar-refractivity contribution in [1.82, 2.24) is 25.4 Å². The van der Waals surface area contributed by atoms with Gasteiger partial charge in [0.1, 0.15) is 12.9 Å². The van der Waals surface area contributed by atoms with E-state index in [0.717, 1.165) is 37.9 Å². The van der Waals surface area contributed by atoms with Crippen LogP contribution in [0.15, 0.2) is 11.3 Å². The fraction of sp³-hybridized carbons (Fsp3) is 0.800. The van der Waals surface area contributed by atoms with E-state index in [2.05, 4.69) is 46.6 Å². The van der Waals surface area contributed by atoms with E-state index in [0.29, 0.717) is 12.5 Å². The van der Waals surface area contributed by atoms with E-state index in [1.807, 2.05) is 18.5 Å². The predicted octanol–water partition coefficient (Wildman–Crippen LogP) is 1.32. The first-order valence-electron chi connectivity index (χ1n) is 8.05. The van der Waals surface area contributed by atoms with Gasteiger partial charge in [0, 0.05) is 26.7 Å². The molecule has 0 saturated carbocycles. The average Bonchev–Trinajstić information content (AvgIpc) is 2.89. The van der Waals surface area contributed by atoms with Gasteiger partial charge in [-0.2, -0.15) is 0 Å². The van der Waals surface area contributed by atoms with E-state index in [4.69, 9.17) is 4.74 Å². The zero-order valence-corrected chi connectivity index (χ0v) is 14.5. The van der Waals surface area contributed by atoms with Gasteiger partial charge in [0.05, 0.1) is 6.10 Å². The van der Waals surface area contributed by atoms with Crippen molar-refractivity contribution in [1.29, 1.82) is 0 Å². The van der Waals surface area contributed by atoms with Gasteiger partial charge in [-0.3, -0.25) is 0 Å². The largest absolute Gasteiger partial charge is 0.378 e. The number of nitrogens with zero attached hydrogens (tertiary/aromatic N) is 4. The fourth-order valence-corrected chi connectivity index (χ4v) is 2.10. The summed E-state index contributed by atoms with van der Waals surface area (Å²) in [5.74, 6) is 2.15. The number of aryl methyl sites for hydroxylation is 1. The maximum atomic E-state index is 5.76. The summed E-state index contributed by atoms with van der Waals surface area (Å²) in [4.78, 5) is 4.53. The number of aromatic nitrogens is 3. The molecule has 0 aromatic carbocycles. The van der Waals surface area contributed by atoms with Crippen molar-refractivity contribution in [3.8, 4) is 0 Å². The summed E-state index contributed by atoms with van der Waals surface area (Å²) >= 11 is 0. The Morgan fingerprint density at radius 2 is 2.14 bits per heavy atom. The second kappa shape index (κ2) is 10.2. The molecule has 0 fully saturated rings. The van der Waals surface area contributed by atoms with Crippen molar-refractivity contribution in [3.05, 3.63) is 12.2 Å². The number of aliphatic imine (C=N–C) groups is 1. The highest BCUT2D eigenvalue weighted by Gasteiger charge is 2.13. The van der Waals surface area contributed by atoms with Crippen LogP contribution in [0, 0.1) is 5.92 Å². The molecule has 1 aromatic rings. The van der Waals surface area contributed by atoms with Gasteiger partial charge < -0.3 is 19.9 Å². The SMILES string of the molecule is CCNC(=NCc1nncn1C)NCCC(OCC)C(C)C. The molecule has 0 radical (unpaired) electrons. The summed E-state index contributed by atoms with van der Waals surface area (Å²) < 4.78 is 7.63. The van der Waals surface area contributed by atoms with Crippen LogP contribution in [-0.4, -0.2) is 46.5 Å². The molecule has 22 heavy (non-hydrogen) atoms. The van der Waals surface area contributed by atoms with Crippen LogP contribution in [-0.2, 0) is 18.3 Å². The molecule has 1 rings (SSSR count). The molecule has 0 amide bonds. The lowest BCUT2D eigenvalue weighted by Crippen LogP contribution is -2.39. The van der Waals surface area contributed by atoms with Gasteiger partial charge in [-0.1, -0.05) is 13.8 Å². The third-order valence-corrected chi connectivity index (χ3v) is 3.37. The Kier molecular flexibility index (Phi) is 8.50. The molecule has 1 atom stereocenters. The highest BCUT2D eigenvalue weighted by molar-refractivity contribution is 5.79. The number of nitrogens with one attached hydrogen (secondary N) is 2. The predicted molar refractivity (Wildman–Crippen MR) is 88.7 cm³/mol. The van der Waals surface area contributed by atoms with Gasteiger partial charge in [0.25, 0.3) is 0 Å². The van der Waals surface area contributed by atoms with Gasteiger partial charge in [0.2, 0.25) is 0 Å². The molecule has 0 spiro atoms. The molecule has 0 aliphatic rings. The Balaban J connectivity index is 2.48. The highest BCUT2D eigenvalue weighted by Crippen LogP contribution is 2.09. The zero-order valence-electron chi connectivity index (χ0n) is 14.5. The van der Waals surface area contributed by atoms with Crippen molar-refractivity contribution in [2.24, 2.45) is 18.0 Å². The minimum absolute atomic E-state index is 0.277. The molecule has 2 N–H and O–H groups in total. The van der Waals surface area contributed by atoms with Gasteiger partial charge in [-0.25, -0.2) is 4.99 Å². The Hall–Kier alpha value is -1.63. The van der Waals surface area contributed by atoms with Crippen molar-refractivity contribution >= 4 is 5.96 Å². The third-order valence-electron chi connectivity index (χ3n) is 3.37. The molecular formula is C15H30N6O. The standard InChI is InChI=1S/C15H30N6O/c1-6-16-15(18-10-14-20-19-11-21(14)5)17-9-8-13(12(3)4)22-7-2/h11-13H,6-10H2,1-5H3,(H2,16,17,18). The van der Waals surface area contributed by atoms with E-state index in [-0.39, 0.29) is 6.10 Å². The Morgan fingerprint density at radius 1 is 1.36 bits per heavy atom. The van der Waals surface area contributed by atoms with E-state index >= 15 is 0 Å². The highest BCUT2D eigenvalue weighted by atomic mass is 16.5. The molecule has 0 saturated heterocycles. The minimum atomic E-state index is 0.277. The Labute approximate surface area is 133 Å². The van der Waals surface area contributed by atoms with E-state index < -0.39 is 0 Å². The monoisotopic (exact) mass is 310 g/mol. The van der Waals surface area contributed by atoms with Gasteiger partial charge in [-0.05, 0) is 26.2 Å². The molecule has 1 heterocycles. The first kappa shape index (κ1) is 18.4. The van der Waals surface area contributed by atoms with E-state index in [1.165, 1.54) is 0 Å². The summed E-state index contributed by atoms with van der Waals surface area (Å²) in [7, 11) is 1.92. The third kappa shape index (κ3) is 6.43. The minimum Gasteiger partial charge on any atom is -0.378 e. The molecule has 0 aliphatic carbocycles. The first-order chi connectivity index (χ1) is 10.6. The molecule has 1 unspecified atom stereocenters. The Morgan fingerprint density at radius 3 is 2.68 bits per heavy atom. The first-order valence-corrected chi connectivity index (χ1v) is 8.05.